The van der Waals surface area contributed by atoms with Crippen molar-refractivity contribution in [1.29, 1.82) is 0 Å². The molecule has 1 aromatic carbocycles. The second kappa shape index (κ2) is 5.40. The smallest absolute Gasteiger partial charge is 0.130 e. The molecule has 0 amide bonds. The lowest BCUT2D eigenvalue weighted by molar-refractivity contribution is 0.371. The maximum Gasteiger partial charge on any atom is 0.130 e. The van der Waals surface area contributed by atoms with Gasteiger partial charge in [0.15, 0.2) is 0 Å². The number of phenolic OH excluding ortho intramolecular Hbond substituents is 1. The van der Waals surface area contributed by atoms with Crippen LogP contribution in [0.3, 0.4) is 0 Å². The molecule has 0 saturated carbocycles. The molecule has 0 radical (unpaired) electrons. The van der Waals surface area contributed by atoms with Gasteiger partial charge in [0, 0.05) is 0 Å². The average Bonchev–Trinajstić information content (AvgIpc) is 2.33. The molecule has 0 aromatic heterocycles. The Hall–Kier alpha value is -0.540. The Kier molecular flexibility index (Phi) is 4.10. The van der Waals surface area contributed by atoms with Gasteiger partial charge in [-0.15, -0.1) is 0 Å². The summed E-state index contributed by atoms with van der Waals surface area (Å²) in [5.41, 5.74) is 3.81. The molecule has 0 spiro atoms. The highest BCUT2D eigenvalue weighted by Crippen LogP contribution is 2.34. The van der Waals surface area contributed by atoms with Crippen LogP contribution in [0.2, 0.25) is 0 Å². The number of hydrogen-bond acceptors (Lipinski definition) is 2. The minimum absolute atomic E-state index is 0.356. The van der Waals surface area contributed by atoms with Crippen molar-refractivity contribution in [2.45, 2.75) is 33.1 Å². The normalized spacial score (nSPS) is 17.4. The zero-order valence-electron chi connectivity index (χ0n) is 10.5. The van der Waals surface area contributed by atoms with Crippen LogP contribution < -0.4 is 5.32 Å². The van der Waals surface area contributed by atoms with Crippen molar-refractivity contribution in [1.82, 2.24) is 5.32 Å². The molecule has 1 aliphatic heterocycles. The van der Waals surface area contributed by atoms with Gasteiger partial charge in [0.05, 0.1) is 4.47 Å². The molecule has 1 saturated heterocycles. The number of phenols is 1. The molecule has 94 valence electrons. The highest BCUT2D eigenvalue weighted by Gasteiger charge is 2.17. The topological polar surface area (TPSA) is 32.3 Å². The first kappa shape index (κ1) is 12.9. The monoisotopic (exact) mass is 297 g/mol. The van der Waals surface area contributed by atoms with E-state index in [-0.39, 0.29) is 0 Å². The number of hydrogen-bond donors (Lipinski definition) is 2. The largest absolute Gasteiger partial charge is 0.507 e. The molecule has 0 bridgehead atoms. The molecular formula is C14H20BrNO. The third kappa shape index (κ3) is 2.83. The quantitative estimate of drug-likeness (QED) is 0.878. The minimum Gasteiger partial charge on any atom is -0.507 e. The Bertz CT molecular complexity index is 411. The molecule has 0 aliphatic carbocycles. The fraction of sp³-hybridized carbons (Fsp3) is 0.571. The van der Waals surface area contributed by atoms with Crippen LogP contribution in [0.5, 0.6) is 5.75 Å². The van der Waals surface area contributed by atoms with Gasteiger partial charge in [-0.3, -0.25) is 0 Å². The number of nitrogens with one attached hydrogen (secondary N) is 1. The number of aromatic hydroxyl groups is 1. The summed E-state index contributed by atoms with van der Waals surface area (Å²) in [5.74, 6) is 1.14. The van der Waals surface area contributed by atoms with E-state index in [0.717, 1.165) is 29.9 Å². The predicted octanol–water partition coefficient (Wildman–Crippen LogP) is 3.31. The summed E-state index contributed by atoms with van der Waals surface area (Å²) in [6.07, 6.45) is 3.66. The van der Waals surface area contributed by atoms with Gasteiger partial charge >= 0.3 is 0 Å². The summed E-state index contributed by atoms with van der Waals surface area (Å²) in [5, 5.41) is 13.2. The van der Waals surface area contributed by atoms with Crippen LogP contribution in [0.15, 0.2) is 10.5 Å². The SMILES string of the molecule is Cc1cc(O)c(Br)c(C)c1CC1CCNCC1. The molecule has 0 unspecified atom stereocenters. The number of rotatable bonds is 2. The van der Waals surface area contributed by atoms with Crippen molar-refractivity contribution in [3.05, 3.63) is 27.2 Å². The molecule has 1 heterocycles. The van der Waals surface area contributed by atoms with E-state index in [2.05, 4.69) is 35.1 Å². The van der Waals surface area contributed by atoms with E-state index < -0.39 is 0 Å². The standard InChI is InChI=1S/C14H20BrNO/c1-9-7-13(17)14(15)10(2)12(9)8-11-3-5-16-6-4-11/h7,11,16-17H,3-6,8H2,1-2H3. The van der Waals surface area contributed by atoms with E-state index in [1.807, 2.05) is 6.07 Å². The van der Waals surface area contributed by atoms with E-state index >= 15 is 0 Å². The van der Waals surface area contributed by atoms with Gasteiger partial charge in [-0.2, -0.15) is 0 Å². The van der Waals surface area contributed by atoms with E-state index in [0.29, 0.717) is 5.75 Å². The lowest BCUT2D eigenvalue weighted by Gasteiger charge is -2.24. The van der Waals surface area contributed by atoms with Crippen molar-refractivity contribution in [2.24, 2.45) is 5.92 Å². The van der Waals surface area contributed by atoms with Crippen LogP contribution in [-0.4, -0.2) is 18.2 Å². The molecule has 0 atom stereocenters. The lowest BCUT2D eigenvalue weighted by atomic mass is 9.87. The first-order valence-corrected chi connectivity index (χ1v) is 7.07. The lowest BCUT2D eigenvalue weighted by Crippen LogP contribution is -2.29. The number of piperidine rings is 1. The second-order valence-electron chi connectivity index (χ2n) is 5.03. The third-order valence-electron chi connectivity index (χ3n) is 3.79. The van der Waals surface area contributed by atoms with E-state index in [9.17, 15) is 5.11 Å². The average molecular weight is 298 g/mol. The van der Waals surface area contributed by atoms with Gasteiger partial charge in [-0.25, -0.2) is 0 Å². The summed E-state index contributed by atoms with van der Waals surface area (Å²) in [7, 11) is 0. The van der Waals surface area contributed by atoms with Crippen LogP contribution in [0.4, 0.5) is 0 Å². The summed E-state index contributed by atoms with van der Waals surface area (Å²) in [6, 6.07) is 1.87. The van der Waals surface area contributed by atoms with Gasteiger partial charge in [-0.05, 0) is 90.8 Å². The summed E-state index contributed by atoms with van der Waals surface area (Å²) in [4.78, 5) is 0. The van der Waals surface area contributed by atoms with E-state index in [1.54, 1.807) is 0 Å². The molecule has 2 rings (SSSR count). The first-order valence-electron chi connectivity index (χ1n) is 6.28. The van der Waals surface area contributed by atoms with Crippen molar-refractivity contribution in [3.63, 3.8) is 0 Å². The van der Waals surface area contributed by atoms with Crippen molar-refractivity contribution >= 4 is 15.9 Å². The van der Waals surface area contributed by atoms with Crippen molar-refractivity contribution < 1.29 is 5.11 Å². The van der Waals surface area contributed by atoms with Crippen LogP contribution in [-0.2, 0) is 6.42 Å². The molecule has 2 N–H and O–H groups in total. The molecule has 3 heteroatoms. The van der Waals surface area contributed by atoms with E-state index in [1.165, 1.54) is 29.5 Å². The predicted molar refractivity (Wildman–Crippen MR) is 74.6 cm³/mol. The van der Waals surface area contributed by atoms with Crippen LogP contribution in [0.1, 0.15) is 29.5 Å². The molecule has 1 aromatic rings. The maximum absolute atomic E-state index is 9.75. The van der Waals surface area contributed by atoms with Crippen LogP contribution in [0, 0.1) is 19.8 Å². The van der Waals surface area contributed by atoms with Crippen molar-refractivity contribution in [2.75, 3.05) is 13.1 Å². The summed E-state index contributed by atoms with van der Waals surface area (Å²) in [6.45, 7) is 6.47. The van der Waals surface area contributed by atoms with Crippen LogP contribution in [0.25, 0.3) is 0 Å². The van der Waals surface area contributed by atoms with Gasteiger partial charge in [0.1, 0.15) is 5.75 Å². The Morgan fingerprint density at radius 1 is 1.35 bits per heavy atom. The van der Waals surface area contributed by atoms with Gasteiger partial charge < -0.3 is 10.4 Å². The van der Waals surface area contributed by atoms with Gasteiger partial charge in [-0.1, -0.05) is 0 Å². The Labute approximate surface area is 112 Å². The molecule has 1 fully saturated rings. The fourth-order valence-corrected chi connectivity index (χ4v) is 3.02. The van der Waals surface area contributed by atoms with Crippen molar-refractivity contribution in [3.8, 4) is 5.75 Å². The first-order chi connectivity index (χ1) is 8.09. The highest BCUT2D eigenvalue weighted by molar-refractivity contribution is 9.10. The minimum atomic E-state index is 0.356. The number of aryl methyl sites for hydroxylation is 1. The summed E-state index contributed by atoms with van der Waals surface area (Å²) < 4.78 is 0.854. The van der Waals surface area contributed by atoms with Crippen LogP contribution >= 0.6 is 15.9 Å². The summed E-state index contributed by atoms with van der Waals surface area (Å²) >= 11 is 3.47. The molecule has 1 aliphatic rings. The zero-order chi connectivity index (χ0) is 12.4. The third-order valence-corrected chi connectivity index (χ3v) is 4.79. The Morgan fingerprint density at radius 3 is 2.65 bits per heavy atom. The van der Waals surface area contributed by atoms with Gasteiger partial charge in [0.25, 0.3) is 0 Å². The van der Waals surface area contributed by atoms with E-state index in [4.69, 9.17) is 0 Å². The Morgan fingerprint density at radius 2 is 2.00 bits per heavy atom. The number of halogens is 1. The van der Waals surface area contributed by atoms with Gasteiger partial charge in [0.2, 0.25) is 0 Å². The zero-order valence-corrected chi connectivity index (χ0v) is 12.1. The Balaban J connectivity index is 2.22. The molecule has 2 nitrogen and oxygen atoms in total. The number of benzene rings is 1. The second-order valence-corrected chi connectivity index (χ2v) is 5.82. The molecular weight excluding hydrogens is 278 g/mol. The fourth-order valence-electron chi connectivity index (χ4n) is 2.66. The maximum atomic E-state index is 9.75. The highest BCUT2D eigenvalue weighted by atomic mass is 79.9. The molecule has 17 heavy (non-hydrogen) atoms.